The highest BCUT2D eigenvalue weighted by Gasteiger charge is 2.27. The number of carbonyl (C=O) groups is 7. The molecule has 0 aliphatic carbocycles. The average molecular weight is 1850 g/mol. The van der Waals surface area contributed by atoms with E-state index in [4.69, 9.17) is 101 Å². The lowest BCUT2D eigenvalue weighted by Gasteiger charge is -2.20. The third-order valence-corrected chi connectivity index (χ3v) is 19.7. The van der Waals surface area contributed by atoms with Gasteiger partial charge in [0.05, 0.1) is 227 Å². The van der Waals surface area contributed by atoms with Crippen molar-refractivity contribution in [1.82, 2.24) is 41.2 Å². The van der Waals surface area contributed by atoms with Crippen molar-refractivity contribution in [3.8, 4) is 0 Å². The van der Waals surface area contributed by atoms with Crippen molar-refractivity contribution in [3.63, 3.8) is 0 Å². The molecule has 2 heterocycles. The summed E-state index contributed by atoms with van der Waals surface area (Å²) < 4.78 is 142. The molecule has 4 amide bonds. The Hall–Kier alpha value is -9.91. The number of methoxy groups -OCH3 is 2. The first-order valence-corrected chi connectivity index (χ1v) is 44.4. The fourth-order valence-electron chi connectivity index (χ4n) is 10.5. The summed E-state index contributed by atoms with van der Waals surface area (Å²) in [6.07, 6.45) is 1.20. The van der Waals surface area contributed by atoms with Crippen LogP contribution >= 0.6 is 0 Å². The third-order valence-electron chi connectivity index (χ3n) is 17.0. The van der Waals surface area contributed by atoms with E-state index in [0.29, 0.717) is 194 Å². The number of nitrogens with one attached hydrogen (secondary N) is 4. The number of carbonyl (C=O) groups excluding carboxylic acids is 7. The number of anilines is 3. The van der Waals surface area contributed by atoms with E-state index in [1.165, 1.54) is 38.5 Å². The molecular formula is C85H128N12O29S2. The van der Waals surface area contributed by atoms with Crippen molar-refractivity contribution in [1.29, 1.82) is 0 Å². The minimum Gasteiger partial charge on any atom is -0.469 e. The number of rotatable bonds is 65. The Morgan fingerprint density at radius 2 is 0.898 bits per heavy atom. The van der Waals surface area contributed by atoms with Crippen LogP contribution < -0.4 is 43.4 Å². The number of benzene rings is 4. The number of nitrogen functional groups attached to an aromatic ring is 2. The van der Waals surface area contributed by atoms with Crippen molar-refractivity contribution in [3.05, 3.63) is 137 Å². The fraction of sp³-hybridized carbons (Fsp3) is 0.565. The molecule has 0 spiro atoms. The predicted molar refractivity (Wildman–Crippen MR) is 468 cm³/mol. The molecule has 2 atom stereocenters. The third kappa shape index (κ3) is 51.3. The van der Waals surface area contributed by atoms with Crippen LogP contribution in [0.2, 0.25) is 0 Å². The largest absolute Gasteiger partial charge is 0.469 e. The Morgan fingerprint density at radius 3 is 1.33 bits per heavy atom. The first-order valence-electron chi connectivity index (χ1n) is 41.6. The number of esters is 3. The summed E-state index contributed by atoms with van der Waals surface area (Å²) in [5, 5.41) is 10.7. The first-order chi connectivity index (χ1) is 61.5. The highest BCUT2D eigenvalue weighted by atomic mass is 32.2. The zero-order valence-corrected chi connectivity index (χ0v) is 76.0. The number of ether oxygens (including phenoxy) is 16. The number of hydrogen-bond donors (Lipinski definition) is 7. The molecule has 0 radical (unpaired) electrons. The molecule has 714 valence electrons. The van der Waals surface area contributed by atoms with Gasteiger partial charge in [-0.15, -0.1) is 0 Å². The van der Waals surface area contributed by atoms with E-state index in [2.05, 4.69) is 41.2 Å². The van der Waals surface area contributed by atoms with Crippen LogP contribution in [0, 0.1) is 19.8 Å². The van der Waals surface area contributed by atoms with Crippen LogP contribution in [0.1, 0.15) is 85.6 Å². The lowest BCUT2D eigenvalue weighted by Crippen LogP contribution is -2.42. The Bertz CT molecular complexity index is 4270. The Kier molecular flexibility index (Phi) is 56.6. The summed E-state index contributed by atoms with van der Waals surface area (Å²) in [4.78, 5) is 104. The van der Waals surface area contributed by atoms with Crippen LogP contribution in [0.5, 0.6) is 0 Å². The molecule has 41 nitrogen and oxygen atoms in total. The van der Waals surface area contributed by atoms with Gasteiger partial charge in [0, 0.05) is 57.3 Å². The number of fused-ring (bicyclic) bond motifs is 1. The Morgan fingerprint density at radius 1 is 0.484 bits per heavy atom. The lowest BCUT2D eigenvalue weighted by atomic mass is 9.99. The number of amides is 4. The van der Waals surface area contributed by atoms with Gasteiger partial charge in [0.15, 0.2) is 17.0 Å². The van der Waals surface area contributed by atoms with Crippen LogP contribution in [0.4, 0.5) is 22.2 Å². The van der Waals surface area contributed by atoms with E-state index in [-0.39, 0.29) is 105 Å². The second kappa shape index (κ2) is 65.6. The highest BCUT2D eigenvalue weighted by molar-refractivity contribution is 7.87. The minimum atomic E-state index is -3.79. The molecule has 0 saturated heterocycles. The van der Waals surface area contributed by atoms with Crippen molar-refractivity contribution in [2.75, 3.05) is 236 Å². The van der Waals surface area contributed by atoms with E-state index < -0.39 is 67.7 Å². The number of aromatic nitrogens is 4. The van der Waals surface area contributed by atoms with Gasteiger partial charge in [0.25, 0.3) is 26.1 Å². The maximum absolute atomic E-state index is 13.0. The monoisotopic (exact) mass is 1840 g/mol. The van der Waals surface area contributed by atoms with Gasteiger partial charge in [-0.3, -0.25) is 32.3 Å². The molecule has 6 aromatic rings. The predicted octanol–water partition coefficient (Wildman–Crippen LogP) is 4.29. The SMILES string of the molecule is COC(=O)[C@H](CCC(=O)NCCOCCOCCOCCOCCN)NC(=O)c1ccc(N(C)Cc2cnc3nc(N)nc(N)c3n2)cc1.COC(=O)[C@H](CCC(=O)NCCOCCOCCOCCOCCNC(=O)OC(C)(C)C)CC(=O)OCc1ccccc1.Cc1ccc(S(=O)(=O)OCCOCCOCCOCCOCCOS(=O)(=O)c2ccc(C)cc2)cc1. The van der Waals surface area contributed by atoms with E-state index >= 15 is 0 Å². The molecule has 10 N–H and O–H groups in total. The lowest BCUT2D eigenvalue weighted by molar-refractivity contribution is -0.154. The van der Waals surface area contributed by atoms with Gasteiger partial charge in [-0.2, -0.15) is 26.8 Å². The molecule has 6 rings (SSSR count). The van der Waals surface area contributed by atoms with E-state index in [1.54, 1.807) is 75.5 Å². The van der Waals surface area contributed by atoms with E-state index in [1.807, 2.05) is 56.1 Å². The minimum absolute atomic E-state index is 0.00697. The van der Waals surface area contributed by atoms with Crippen LogP contribution in [0.15, 0.2) is 119 Å². The van der Waals surface area contributed by atoms with Gasteiger partial charge in [-0.1, -0.05) is 65.7 Å². The molecule has 4 aromatic carbocycles. The molecule has 0 saturated carbocycles. The summed E-state index contributed by atoms with van der Waals surface area (Å²) in [6, 6.07) is 27.8. The molecule has 0 aliphatic rings. The number of nitrogens with two attached hydrogens (primary N) is 3. The van der Waals surface area contributed by atoms with Gasteiger partial charge >= 0.3 is 24.0 Å². The van der Waals surface area contributed by atoms with Crippen LogP contribution in [0.25, 0.3) is 11.2 Å². The summed E-state index contributed by atoms with van der Waals surface area (Å²) in [6.45, 7) is 19.6. The van der Waals surface area contributed by atoms with Gasteiger partial charge in [-0.05, 0) is 102 Å². The van der Waals surface area contributed by atoms with Crippen molar-refractivity contribution < 1.29 is 135 Å². The molecule has 43 heteroatoms. The molecule has 0 fully saturated rings. The van der Waals surface area contributed by atoms with E-state index in [9.17, 15) is 50.4 Å². The normalized spacial score (nSPS) is 11.9. The number of nitrogens with zero attached hydrogens (tertiary/aromatic N) is 5. The zero-order valence-electron chi connectivity index (χ0n) is 74.3. The first kappa shape index (κ1) is 110. The molecule has 128 heavy (non-hydrogen) atoms. The molecule has 0 unspecified atom stereocenters. The molecular weight excluding hydrogens is 1720 g/mol. The Labute approximate surface area is 748 Å². The maximum atomic E-state index is 13.0. The number of hydrogen-bond acceptors (Lipinski definition) is 37. The molecule has 0 bridgehead atoms. The maximum Gasteiger partial charge on any atom is 0.407 e. The van der Waals surface area contributed by atoms with Crippen molar-refractivity contribution >= 4 is 90.6 Å². The number of alkyl carbamates (subject to hydrolysis) is 1. The van der Waals surface area contributed by atoms with Gasteiger partial charge in [-0.25, -0.2) is 19.6 Å². The summed E-state index contributed by atoms with van der Waals surface area (Å²) >= 11 is 0. The second-order valence-electron chi connectivity index (χ2n) is 28.5. The highest BCUT2D eigenvalue weighted by Crippen LogP contribution is 2.22. The number of aryl methyl sites for hydroxylation is 2. The van der Waals surface area contributed by atoms with Crippen LogP contribution in [-0.4, -0.2) is 309 Å². The second-order valence-corrected chi connectivity index (χ2v) is 31.8. The average Bonchev–Trinajstić information content (AvgIpc) is 0.821. The van der Waals surface area contributed by atoms with Crippen molar-refractivity contribution in [2.45, 2.75) is 101 Å². The summed E-state index contributed by atoms with van der Waals surface area (Å²) in [5.41, 5.74) is 21.5. The smallest absolute Gasteiger partial charge is 0.407 e. The van der Waals surface area contributed by atoms with Crippen LogP contribution in [-0.2, 0) is 142 Å². The van der Waals surface area contributed by atoms with Gasteiger partial charge in [0.2, 0.25) is 17.8 Å². The van der Waals surface area contributed by atoms with Gasteiger partial charge in [0.1, 0.15) is 18.2 Å². The molecule has 0 aliphatic heterocycles. The standard InChI is InChI=1S/C31H46N10O8.C30H48N2O11.C24H34O10S2/c1-41(20-22-19-36-28-26(37-22)27(33)39-31(34)40-28)23-5-3-21(4-6-23)29(43)38-24(30(44)45-2)7-8-25(42)35-10-12-47-14-16-49-18-17-48-15-13-46-11-9-32;1-30(2,3)43-29(36)32-13-15-39-17-19-41-21-20-40-18-16-38-14-12-31-26(33)11-10-25(28(35)37-4)22-27(34)42-23-24-8-6-5-7-9-24;1-21-3-7-23(8-4-21)35(25,26)33-19-17-31-15-13-29-11-12-30-14-16-32-18-20-34-36(27,28)24-9-5-22(2)6-10-24/h3-6,19,24H,7-18,20,32H2,1-2H3,(H,35,42)(H,38,43)(H4,33,34,36,39,40);5-9,25H,10-23H2,1-4H3,(H,31,33)(H,32,36);3-10H,11-20H2,1-2H3/t24-;25-;/m01./s1. The quantitative estimate of drug-likeness (QED) is 0.0121. The summed E-state index contributed by atoms with van der Waals surface area (Å²) in [5.74, 6) is -3.39. The van der Waals surface area contributed by atoms with Gasteiger partial charge < -0.3 is 119 Å². The topological polar surface area (TPSA) is 535 Å². The van der Waals surface area contributed by atoms with Crippen LogP contribution in [0.3, 0.4) is 0 Å². The molecule has 2 aromatic heterocycles. The Balaban J connectivity index is 0.000000407. The zero-order chi connectivity index (χ0) is 93.5. The van der Waals surface area contributed by atoms with E-state index in [0.717, 1.165) is 22.4 Å². The fourth-order valence-corrected chi connectivity index (χ4v) is 12.3. The van der Waals surface area contributed by atoms with Crippen molar-refractivity contribution in [2.24, 2.45) is 11.7 Å². The summed E-state index contributed by atoms with van der Waals surface area (Å²) in [7, 11) is -3.26.